The van der Waals surface area contributed by atoms with Gasteiger partial charge in [0.2, 0.25) is 5.91 Å². The lowest BCUT2D eigenvalue weighted by Gasteiger charge is -2.12. The molecule has 2 aliphatic rings. The maximum Gasteiger partial charge on any atom is 0.341 e. The van der Waals surface area contributed by atoms with Gasteiger partial charge in [-0.05, 0) is 67.6 Å². The fourth-order valence-electron chi connectivity index (χ4n) is 4.63. The van der Waals surface area contributed by atoms with Crippen LogP contribution in [0.2, 0.25) is 0 Å². The fraction of sp³-hybridized carbons (Fsp3) is 0.286. The van der Waals surface area contributed by atoms with E-state index in [1.807, 2.05) is 0 Å². The number of ether oxygens (including phenoxy) is 1. The van der Waals surface area contributed by atoms with Crippen LogP contribution in [-0.2, 0) is 33.7 Å². The summed E-state index contributed by atoms with van der Waals surface area (Å²) in [5.74, 6) is -1.44. The molecule has 9 nitrogen and oxygen atoms in total. The Bertz CT molecular complexity index is 1500. The van der Waals surface area contributed by atoms with Crippen LogP contribution in [0.1, 0.15) is 45.8 Å². The maximum absolute atomic E-state index is 13.6. The zero-order valence-electron chi connectivity index (χ0n) is 21.6. The molecule has 12 heteroatoms. The fourth-order valence-corrected chi connectivity index (χ4v) is 7.02. The second-order valence-electron chi connectivity index (χ2n) is 9.24. The average molecular weight is 583 g/mol. The lowest BCUT2D eigenvalue weighted by molar-refractivity contribution is -0.115. The van der Waals surface area contributed by atoms with Crippen LogP contribution in [0.25, 0.3) is 0 Å². The molecule has 208 valence electrons. The van der Waals surface area contributed by atoms with Crippen molar-refractivity contribution in [2.24, 2.45) is 10.7 Å². The smallest absolute Gasteiger partial charge is 0.341 e. The van der Waals surface area contributed by atoms with E-state index < -0.39 is 28.9 Å². The third-order valence-electron chi connectivity index (χ3n) is 6.59. The number of carbonyl (C=O) groups excluding carboxylic acids is 3. The van der Waals surface area contributed by atoms with Crippen LogP contribution in [0.5, 0.6) is 0 Å². The zero-order valence-corrected chi connectivity index (χ0v) is 23.3. The van der Waals surface area contributed by atoms with E-state index in [9.17, 15) is 18.8 Å². The van der Waals surface area contributed by atoms with E-state index in [1.165, 1.54) is 49.0 Å². The predicted molar refractivity (Wildman–Crippen MR) is 153 cm³/mol. The summed E-state index contributed by atoms with van der Waals surface area (Å²) in [5, 5.41) is 5.28. The first-order chi connectivity index (χ1) is 19.4. The van der Waals surface area contributed by atoms with E-state index in [4.69, 9.17) is 14.9 Å². The molecule has 0 spiro atoms. The highest BCUT2D eigenvalue weighted by Gasteiger charge is 2.39. The number of thioether (sulfide) groups is 1. The van der Waals surface area contributed by atoms with Crippen molar-refractivity contribution in [3.05, 3.63) is 81.5 Å². The Labute approximate surface area is 238 Å². The van der Waals surface area contributed by atoms with Gasteiger partial charge in [-0.15, -0.1) is 11.3 Å². The summed E-state index contributed by atoms with van der Waals surface area (Å²) in [6.07, 6.45) is 6.13. The summed E-state index contributed by atoms with van der Waals surface area (Å²) >= 11 is 2.42. The quantitative estimate of drug-likeness (QED) is 0.262. The number of carbonyl (C=O) groups is 3. The number of aliphatic imine (C=N–C) groups is 1. The molecule has 2 aromatic heterocycles. The second-order valence-corrected chi connectivity index (χ2v) is 11.4. The van der Waals surface area contributed by atoms with Gasteiger partial charge in [0.15, 0.2) is 0 Å². The van der Waals surface area contributed by atoms with Crippen LogP contribution in [0.15, 0.2) is 63.3 Å². The number of furan rings is 1. The Kier molecular flexibility index (Phi) is 8.36. The summed E-state index contributed by atoms with van der Waals surface area (Å²) in [7, 11) is 1.32. The van der Waals surface area contributed by atoms with E-state index in [0.29, 0.717) is 22.0 Å². The van der Waals surface area contributed by atoms with Crippen LogP contribution < -0.4 is 16.4 Å². The number of nitrogens with two attached hydrogens (primary N) is 1. The standard InChI is InChI=1S/C28H27FN4O5S2/c1-37-28(36)20-18-7-3-2-4-8-19(18)39-27(20)33-25(35)23-22(30)21(24(34)32-16-11-9-15(29)10-12-16)26(40-23)31-14-17-6-5-13-38-17/h5-6,9-13,23H,2-4,7-8,14,30H2,1H3,(H,32,34)(H,33,35)/t23-/m1/s1. The Morgan fingerprint density at radius 1 is 1.12 bits per heavy atom. The number of rotatable bonds is 7. The second kappa shape index (κ2) is 12.1. The minimum absolute atomic E-state index is 0.0260. The van der Waals surface area contributed by atoms with Gasteiger partial charge in [-0.1, -0.05) is 18.2 Å². The van der Waals surface area contributed by atoms with Crippen LogP contribution >= 0.6 is 23.1 Å². The van der Waals surface area contributed by atoms with Crippen molar-refractivity contribution in [2.45, 2.75) is 43.9 Å². The maximum atomic E-state index is 13.6. The number of esters is 1. The molecule has 1 aliphatic carbocycles. The first kappa shape index (κ1) is 27.7. The van der Waals surface area contributed by atoms with Crippen LogP contribution in [0.4, 0.5) is 15.1 Å². The minimum Gasteiger partial charge on any atom is -0.467 e. The Balaban J connectivity index is 1.44. The van der Waals surface area contributed by atoms with Gasteiger partial charge in [-0.2, -0.15) is 0 Å². The van der Waals surface area contributed by atoms with Crippen molar-refractivity contribution < 1.29 is 27.9 Å². The third-order valence-corrected chi connectivity index (χ3v) is 9.06. The number of hydrogen-bond donors (Lipinski definition) is 3. The van der Waals surface area contributed by atoms with E-state index in [-0.39, 0.29) is 22.9 Å². The normalized spacial score (nSPS) is 17.9. The molecule has 0 bridgehead atoms. The van der Waals surface area contributed by atoms with Crippen LogP contribution in [0, 0.1) is 5.82 Å². The Hall–Kier alpha value is -3.90. The Morgan fingerprint density at radius 3 is 2.62 bits per heavy atom. The van der Waals surface area contributed by atoms with Gasteiger partial charge in [0.05, 0.1) is 31.1 Å². The molecule has 5 rings (SSSR count). The van der Waals surface area contributed by atoms with E-state index in [1.54, 1.807) is 12.1 Å². The predicted octanol–water partition coefficient (Wildman–Crippen LogP) is 5.04. The number of fused-ring (bicyclic) bond motifs is 1. The average Bonchev–Trinajstić information content (AvgIpc) is 3.62. The Morgan fingerprint density at radius 2 is 1.90 bits per heavy atom. The number of nitrogens with zero attached hydrogens (tertiary/aromatic N) is 1. The number of hydrogen-bond acceptors (Lipinski definition) is 9. The molecule has 0 fully saturated rings. The third kappa shape index (κ3) is 5.82. The molecule has 1 atom stereocenters. The van der Waals surface area contributed by atoms with E-state index >= 15 is 0 Å². The highest BCUT2D eigenvalue weighted by Crippen LogP contribution is 2.40. The molecule has 1 aliphatic heterocycles. The number of anilines is 2. The number of thiophene rings is 1. The summed E-state index contributed by atoms with van der Waals surface area (Å²) in [6, 6.07) is 8.76. The molecule has 4 N–H and O–H groups in total. The van der Waals surface area contributed by atoms with Gasteiger partial charge >= 0.3 is 5.97 Å². The number of amides is 2. The highest BCUT2D eigenvalue weighted by molar-refractivity contribution is 8.16. The number of nitrogens with one attached hydrogen (secondary N) is 2. The molecule has 1 aromatic carbocycles. The molecule has 0 saturated heterocycles. The first-order valence-corrected chi connectivity index (χ1v) is 14.4. The van der Waals surface area contributed by atoms with Crippen LogP contribution in [-0.4, -0.2) is 35.2 Å². The molecule has 40 heavy (non-hydrogen) atoms. The van der Waals surface area contributed by atoms with Crippen molar-refractivity contribution in [3.63, 3.8) is 0 Å². The van der Waals surface area contributed by atoms with Gasteiger partial charge in [-0.3, -0.25) is 14.6 Å². The summed E-state index contributed by atoms with van der Waals surface area (Å²) in [5.41, 5.74) is 8.16. The lowest BCUT2D eigenvalue weighted by atomic mass is 10.1. The first-order valence-electron chi connectivity index (χ1n) is 12.7. The largest absolute Gasteiger partial charge is 0.467 e. The van der Waals surface area contributed by atoms with Crippen molar-refractivity contribution in [3.8, 4) is 0 Å². The van der Waals surface area contributed by atoms with Gasteiger partial charge in [0, 0.05) is 16.3 Å². The number of aryl methyl sites for hydroxylation is 1. The van der Waals surface area contributed by atoms with Crippen molar-refractivity contribution in [1.82, 2.24) is 0 Å². The van der Waals surface area contributed by atoms with Gasteiger partial charge in [-0.25, -0.2) is 9.18 Å². The van der Waals surface area contributed by atoms with Crippen LogP contribution in [0.3, 0.4) is 0 Å². The van der Waals surface area contributed by atoms with E-state index in [0.717, 1.165) is 54.3 Å². The van der Waals surface area contributed by atoms with Gasteiger partial charge in [0.25, 0.3) is 5.91 Å². The molecule has 3 heterocycles. The molecular formula is C28H27FN4O5S2. The van der Waals surface area contributed by atoms with Gasteiger partial charge in [0.1, 0.15) is 26.9 Å². The molecule has 0 radical (unpaired) electrons. The number of halogens is 1. The summed E-state index contributed by atoms with van der Waals surface area (Å²) < 4.78 is 23.7. The zero-order chi connectivity index (χ0) is 28.2. The lowest BCUT2D eigenvalue weighted by Crippen LogP contribution is -2.29. The topological polar surface area (TPSA) is 136 Å². The summed E-state index contributed by atoms with van der Waals surface area (Å²) in [4.78, 5) is 45.2. The van der Waals surface area contributed by atoms with E-state index in [2.05, 4.69) is 15.6 Å². The monoisotopic (exact) mass is 582 g/mol. The molecule has 3 aromatic rings. The SMILES string of the molecule is COC(=O)c1c(NC(=O)[C@@H]2SC(=NCc3ccco3)C(C(=O)Nc3ccc(F)cc3)=C2N)sc2c1CCCCC2. The minimum atomic E-state index is -0.975. The molecular weight excluding hydrogens is 555 g/mol. The van der Waals surface area contributed by atoms with Crippen molar-refractivity contribution in [1.29, 1.82) is 0 Å². The number of benzene rings is 1. The molecule has 0 saturated carbocycles. The van der Waals surface area contributed by atoms with Crippen molar-refractivity contribution in [2.75, 3.05) is 17.7 Å². The summed E-state index contributed by atoms with van der Waals surface area (Å²) in [6.45, 7) is 0.133. The molecule has 2 amide bonds. The molecule has 0 unspecified atom stereocenters. The highest BCUT2D eigenvalue weighted by atomic mass is 32.2. The van der Waals surface area contributed by atoms with Crippen molar-refractivity contribution >= 4 is 56.6 Å². The number of methoxy groups -OCH3 is 1. The van der Waals surface area contributed by atoms with Gasteiger partial charge < -0.3 is 25.5 Å².